The predicted octanol–water partition coefficient (Wildman–Crippen LogP) is 0.357. The Bertz CT molecular complexity index is 401. The number of amides is 3. The van der Waals surface area contributed by atoms with Gasteiger partial charge in [-0.3, -0.25) is 14.4 Å². The largest absolute Gasteiger partial charge is 0.370 e. The van der Waals surface area contributed by atoms with Crippen LogP contribution >= 0.6 is 11.8 Å². The molecule has 3 amide bonds. The van der Waals surface area contributed by atoms with Gasteiger partial charge in [-0.15, -0.1) is 0 Å². The average molecular weight is 315 g/mol. The molecule has 1 heterocycles. The zero-order valence-electron chi connectivity index (χ0n) is 12.9. The van der Waals surface area contributed by atoms with E-state index in [4.69, 9.17) is 5.73 Å². The number of rotatable bonds is 6. The molecule has 1 aliphatic heterocycles. The third-order valence-corrected chi connectivity index (χ3v) is 4.32. The Hall–Kier alpha value is -1.24. The standard InChI is InChI=1S/C14H25N3O3S/c1-9(2)6-13(19)16-11(7-12(15)18)14(20)17-4-5-21-10(3)8-17/h9-11H,4-8H2,1-3H3,(H2,15,18)(H,16,19)/t10-,11+/m0/s1. The maximum Gasteiger partial charge on any atom is 0.245 e. The normalized spacial score (nSPS) is 20.2. The van der Waals surface area contributed by atoms with Gasteiger partial charge in [0.1, 0.15) is 6.04 Å². The smallest absolute Gasteiger partial charge is 0.245 e. The van der Waals surface area contributed by atoms with Crippen molar-refractivity contribution in [3.8, 4) is 0 Å². The summed E-state index contributed by atoms with van der Waals surface area (Å²) in [6.45, 7) is 7.19. The van der Waals surface area contributed by atoms with Crippen LogP contribution in [0, 0.1) is 5.92 Å². The Kier molecular flexibility index (Phi) is 7.01. The molecule has 0 aromatic rings. The van der Waals surface area contributed by atoms with Crippen molar-refractivity contribution < 1.29 is 14.4 Å². The van der Waals surface area contributed by atoms with Crippen LogP contribution in [0.1, 0.15) is 33.6 Å². The summed E-state index contributed by atoms with van der Waals surface area (Å²) in [5, 5.41) is 3.02. The van der Waals surface area contributed by atoms with Crippen molar-refractivity contribution >= 4 is 29.5 Å². The Morgan fingerprint density at radius 3 is 2.52 bits per heavy atom. The second-order valence-corrected chi connectivity index (χ2v) is 7.40. The molecule has 0 bridgehead atoms. The van der Waals surface area contributed by atoms with Crippen LogP contribution in [-0.2, 0) is 14.4 Å². The number of nitrogens with two attached hydrogens (primary N) is 1. The van der Waals surface area contributed by atoms with Crippen LogP contribution in [-0.4, -0.2) is 52.8 Å². The monoisotopic (exact) mass is 315 g/mol. The van der Waals surface area contributed by atoms with Gasteiger partial charge in [-0.2, -0.15) is 11.8 Å². The van der Waals surface area contributed by atoms with Gasteiger partial charge in [-0.05, 0) is 5.92 Å². The minimum atomic E-state index is -0.843. The van der Waals surface area contributed by atoms with Crippen molar-refractivity contribution in [2.45, 2.75) is 44.9 Å². The number of nitrogens with one attached hydrogen (secondary N) is 1. The number of thioether (sulfide) groups is 1. The fourth-order valence-corrected chi connectivity index (χ4v) is 3.28. The summed E-state index contributed by atoms with van der Waals surface area (Å²) in [4.78, 5) is 37.2. The van der Waals surface area contributed by atoms with E-state index in [0.29, 0.717) is 24.8 Å². The SMILES string of the molecule is CC(C)CC(=O)N[C@H](CC(N)=O)C(=O)N1CCS[C@@H](C)C1. The highest BCUT2D eigenvalue weighted by Gasteiger charge is 2.30. The highest BCUT2D eigenvalue weighted by Crippen LogP contribution is 2.18. The maximum atomic E-state index is 12.5. The number of carbonyl (C=O) groups excluding carboxylic acids is 3. The van der Waals surface area contributed by atoms with Crippen LogP contribution in [0.4, 0.5) is 0 Å². The summed E-state index contributed by atoms with van der Waals surface area (Å²) in [7, 11) is 0. The number of nitrogens with zero attached hydrogens (tertiary/aromatic N) is 1. The summed E-state index contributed by atoms with van der Waals surface area (Å²) < 4.78 is 0. The minimum Gasteiger partial charge on any atom is -0.370 e. The summed E-state index contributed by atoms with van der Waals surface area (Å²) >= 11 is 1.81. The summed E-state index contributed by atoms with van der Waals surface area (Å²) in [5.74, 6) is 0.0521. The highest BCUT2D eigenvalue weighted by molar-refractivity contribution is 7.99. The van der Waals surface area contributed by atoms with Gasteiger partial charge in [0.2, 0.25) is 17.7 Å². The first-order valence-electron chi connectivity index (χ1n) is 7.27. The summed E-state index contributed by atoms with van der Waals surface area (Å²) in [6, 6.07) is -0.843. The molecule has 1 saturated heterocycles. The van der Waals surface area contributed by atoms with Gasteiger partial charge in [0.15, 0.2) is 0 Å². The van der Waals surface area contributed by atoms with E-state index in [1.54, 1.807) is 4.90 Å². The van der Waals surface area contributed by atoms with Gasteiger partial charge < -0.3 is 16.0 Å². The number of primary amides is 1. The molecule has 6 nitrogen and oxygen atoms in total. The van der Waals surface area contributed by atoms with E-state index < -0.39 is 11.9 Å². The van der Waals surface area contributed by atoms with Crippen molar-refractivity contribution in [1.82, 2.24) is 10.2 Å². The molecule has 21 heavy (non-hydrogen) atoms. The number of hydrogen-bond acceptors (Lipinski definition) is 4. The molecule has 2 atom stereocenters. The zero-order chi connectivity index (χ0) is 16.0. The molecule has 3 N–H and O–H groups in total. The lowest BCUT2D eigenvalue weighted by molar-refractivity contribution is -0.138. The first-order valence-corrected chi connectivity index (χ1v) is 8.32. The molecule has 120 valence electrons. The molecule has 0 unspecified atom stereocenters. The van der Waals surface area contributed by atoms with Gasteiger partial charge in [0, 0.05) is 30.5 Å². The highest BCUT2D eigenvalue weighted by atomic mass is 32.2. The lowest BCUT2D eigenvalue weighted by atomic mass is 10.1. The lowest BCUT2D eigenvalue weighted by Crippen LogP contribution is -2.53. The molecular formula is C14H25N3O3S. The molecule has 0 aromatic heterocycles. The fourth-order valence-electron chi connectivity index (χ4n) is 2.26. The molecule has 0 aliphatic carbocycles. The van der Waals surface area contributed by atoms with Crippen LogP contribution in [0.25, 0.3) is 0 Å². The molecule has 0 radical (unpaired) electrons. The molecule has 1 rings (SSSR count). The van der Waals surface area contributed by atoms with E-state index in [2.05, 4.69) is 12.2 Å². The summed E-state index contributed by atoms with van der Waals surface area (Å²) in [5.41, 5.74) is 5.20. The van der Waals surface area contributed by atoms with Crippen LogP contribution in [0.3, 0.4) is 0 Å². The zero-order valence-corrected chi connectivity index (χ0v) is 13.7. The number of carbonyl (C=O) groups is 3. The quantitative estimate of drug-likeness (QED) is 0.740. The predicted molar refractivity (Wildman–Crippen MR) is 83.7 cm³/mol. The third-order valence-electron chi connectivity index (χ3n) is 3.19. The van der Waals surface area contributed by atoms with E-state index in [1.165, 1.54) is 0 Å². The summed E-state index contributed by atoms with van der Waals surface area (Å²) in [6.07, 6.45) is 0.176. The topological polar surface area (TPSA) is 92.5 Å². The molecule has 7 heteroatoms. The van der Waals surface area contributed by atoms with Crippen molar-refractivity contribution in [2.75, 3.05) is 18.8 Å². The fraction of sp³-hybridized carbons (Fsp3) is 0.786. The van der Waals surface area contributed by atoms with Crippen LogP contribution in [0.5, 0.6) is 0 Å². The molecule has 0 aromatic carbocycles. The Labute approximate surface area is 130 Å². The molecule has 1 aliphatic rings. The minimum absolute atomic E-state index is 0.152. The van der Waals surface area contributed by atoms with Crippen LogP contribution in [0.15, 0.2) is 0 Å². The van der Waals surface area contributed by atoms with E-state index in [9.17, 15) is 14.4 Å². The first kappa shape index (κ1) is 17.8. The van der Waals surface area contributed by atoms with Crippen molar-refractivity contribution in [2.24, 2.45) is 11.7 Å². The molecular weight excluding hydrogens is 290 g/mol. The Morgan fingerprint density at radius 2 is 2.00 bits per heavy atom. The van der Waals surface area contributed by atoms with E-state index in [-0.39, 0.29) is 24.2 Å². The van der Waals surface area contributed by atoms with Gasteiger partial charge in [0.25, 0.3) is 0 Å². The molecule has 0 spiro atoms. The van der Waals surface area contributed by atoms with Gasteiger partial charge in [-0.25, -0.2) is 0 Å². The maximum absolute atomic E-state index is 12.5. The lowest BCUT2D eigenvalue weighted by Gasteiger charge is -2.33. The third kappa shape index (κ3) is 6.37. The second-order valence-electron chi connectivity index (χ2n) is 5.85. The average Bonchev–Trinajstić information content (AvgIpc) is 2.35. The van der Waals surface area contributed by atoms with Crippen molar-refractivity contribution in [3.05, 3.63) is 0 Å². The van der Waals surface area contributed by atoms with Gasteiger partial charge in [0.05, 0.1) is 6.42 Å². The van der Waals surface area contributed by atoms with Gasteiger partial charge in [-0.1, -0.05) is 20.8 Å². The van der Waals surface area contributed by atoms with E-state index in [0.717, 1.165) is 5.75 Å². The van der Waals surface area contributed by atoms with Crippen LogP contribution < -0.4 is 11.1 Å². The van der Waals surface area contributed by atoms with Crippen LogP contribution in [0.2, 0.25) is 0 Å². The van der Waals surface area contributed by atoms with E-state index in [1.807, 2.05) is 25.6 Å². The van der Waals surface area contributed by atoms with Gasteiger partial charge >= 0.3 is 0 Å². The molecule has 1 fully saturated rings. The Morgan fingerprint density at radius 1 is 1.33 bits per heavy atom. The molecule has 0 saturated carbocycles. The van der Waals surface area contributed by atoms with E-state index >= 15 is 0 Å². The Balaban J connectivity index is 2.69. The number of hydrogen-bond donors (Lipinski definition) is 2. The first-order chi connectivity index (χ1) is 9.79. The van der Waals surface area contributed by atoms with Crippen molar-refractivity contribution in [1.29, 1.82) is 0 Å². The second kappa shape index (κ2) is 8.26. The van der Waals surface area contributed by atoms with Crippen molar-refractivity contribution in [3.63, 3.8) is 0 Å².